The minimum Gasteiger partial charge on any atom is -0.449 e. The van der Waals surface area contributed by atoms with Gasteiger partial charge in [0.2, 0.25) is 5.82 Å². The van der Waals surface area contributed by atoms with Crippen LogP contribution in [0.2, 0.25) is 0 Å². The van der Waals surface area contributed by atoms with Gasteiger partial charge in [0, 0.05) is 19.2 Å². The van der Waals surface area contributed by atoms with Gasteiger partial charge in [-0.3, -0.25) is 0 Å². The number of urea groups is 1. The first-order valence-electron chi connectivity index (χ1n) is 9.77. The van der Waals surface area contributed by atoms with Gasteiger partial charge >= 0.3 is 12.2 Å². The largest absolute Gasteiger partial charge is 0.511 e. The molecule has 0 atom stereocenters. The molecule has 0 saturated carbocycles. The summed E-state index contributed by atoms with van der Waals surface area (Å²) in [5.41, 5.74) is 1.44. The van der Waals surface area contributed by atoms with E-state index in [4.69, 9.17) is 15.1 Å². The number of rotatable bonds is 8. The second-order valence-electron chi connectivity index (χ2n) is 7.73. The topological polar surface area (TPSA) is 140 Å². The zero-order chi connectivity index (χ0) is 23.0. The van der Waals surface area contributed by atoms with Gasteiger partial charge in [0.25, 0.3) is 0 Å². The van der Waals surface area contributed by atoms with E-state index >= 15 is 0 Å². The molecule has 1 aromatic carbocycles. The Labute approximate surface area is 180 Å². The van der Waals surface area contributed by atoms with E-state index in [-0.39, 0.29) is 11.6 Å². The van der Waals surface area contributed by atoms with E-state index < -0.39 is 12.2 Å². The van der Waals surface area contributed by atoms with Crippen LogP contribution in [0.1, 0.15) is 33.5 Å². The summed E-state index contributed by atoms with van der Waals surface area (Å²) in [4.78, 5) is 33.3. The van der Waals surface area contributed by atoms with Crippen LogP contribution in [0.5, 0.6) is 5.75 Å². The van der Waals surface area contributed by atoms with Gasteiger partial charge in [0.15, 0.2) is 0 Å². The molecule has 0 bridgehead atoms. The van der Waals surface area contributed by atoms with Crippen molar-refractivity contribution in [2.24, 2.45) is 11.8 Å². The van der Waals surface area contributed by atoms with E-state index in [9.17, 15) is 9.59 Å². The average Bonchev–Trinajstić information content (AvgIpc) is 2.67. The highest BCUT2D eigenvalue weighted by Crippen LogP contribution is 2.32. The second kappa shape index (κ2) is 10.8. The molecule has 0 aliphatic carbocycles. The van der Waals surface area contributed by atoms with Crippen LogP contribution in [0.15, 0.2) is 30.6 Å². The molecular formula is C21H26N6O4. The lowest BCUT2D eigenvalue weighted by Crippen LogP contribution is -2.32. The molecule has 10 heteroatoms. The summed E-state index contributed by atoms with van der Waals surface area (Å²) in [6.45, 7) is 9.88. The molecule has 0 radical (unpaired) electrons. The number of carbonyl (C=O) groups excluding carboxylic acids is 1. The molecule has 0 aliphatic heterocycles. The molecular weight excluding hydrogens is 400 g/mol. The van der Waals surface area contributed by atoms with Crippen LogP contribution in [-0.2, 0) is 0 Å². The number of aromatic nitrogens is 2. The average molecular weight is 426 g/mol. The lowest BCUT2D eigenvalue weighted by Gasteiger charge is -2.30. The summed E-state index contributed by atoms with van der Waals surface area (Å²) in [5, 5.41) is 23.0. The molecule has 10 nitrogen and oxygen atoms in total. The van der Waals surface area contributed by atoms with Gasteiger partial charge in [0.05, 0.1) is 29.5 Å². The predicted octanol–water partition coefficient (Wildman–Crippen LogP) is 4.17. The summed E-state index contributed by atoms with van der Waals surface area (Å²) in [7, 11) is 0. The van der Waals surface area contributed by atoms with Crippen LogP contribution in [-0.4, -0.2) is 40.4 Å². The van der Waals surface area contributed by atoms with E-state index in [0.717, 1.165) is 18.8 Å². The molecule has 0 fully saturated rings. The molecule has 0 aliphatic rings. The lowest BCUT2D eigenvalue weighted by molar-refractivity contribution is 0.144. The molecule has 2 rings (SSSR count). The van der Waals surface area contributed by atoms with Crippen molar-refractivity contribution in [1.82, 2.24) is 9.97 Å². The van der Waals surface area contributed by atoms with Crippen LogP contribution < -0.4 is 20.3 Å². The van der Waals surface area contributed by atoms with Crippen LogP contribution in [0, 0.1) is 23.2 Å². The van der Waals surface area contributed by atoms with Gasteiger partial charge in [0.1, 0.15) is 11.8 Å². The number of nitrogens with one attached hydrogen (secondary N) is 2. The Morgan fingerprint density at radius 1 is 1.13 bits per heavy atom. The first-order chi connectivity index (χ1) is 14.7. The number of carbonyl (C=O) groups is 2. The fourth-order valence-electron chi connectivity index (χ4n) is 2.94. The van der Waals surface area contributed by atoms with Crippen molar-refractivity contribution in [3.05, 3.63) is 36.4 Å². The third kappa shape index (κ3) is 7.47. The smallest absolute Gasteiger partial charge is 0.449 e. The van der Waals surface area contributed by atoms with Crippen molar-refractivity contribution in [3.8, 4) is 11.8 Å². The summed E-state index contributed by atoms with van der Waals surface area (Å²) in [6, 6.07) is 5.97. The first kappa shape index (κ1) is 23.4. The van der Waals surface area contributed by atoms with E-state index in [1.54, 1.807) is 18.2 Å². The standard InChI is InChI=1S/C21H26N6O4/c1-13(2)11-27(12-14(3)4)18-6-5-16(31-21(29)30)7-17(18)26-20(28)25-15-9-23-19(8-22)24-10-15/h5-7,9-10,13-14H,11-12H2,1-4H3,(H,29,30)(H2,25,26,28). The molecule has 0 spiro atoms. The van der Waals surface area contributed by atoms with E-state index in [1.165, 1.54) is 18.5 Å². The SMILES string of the molecule is CC(C)CN(CC(C)C)c1ccc(OC(=O)O)cc1NC(=O)Nc1cnc(C#N)nc1. The number of carboxylic acid groups (broad SMARTS) is 1. The van der Waals surface area contributed by atoms with Crippen molar-refractivity contribution < 1.29 is 19.4 Å². The number of ether oxygens (including phenoxy) is 1. The quantitative estimate of drug-likeness (QED) is 0.422. The van der Waals surface area contributed by atoms with Crippen molar-refractivity contribution in [2.75, 3.05) is 28.6 Å². The maximum atomic E-state index is 12.6. The van der Waals surface area contributed by atoms with Crippen LogP contribution in [0.4, 0.5) is 26.7 Å². The monoisotopic (exact) mass is 426 g/mol. The molecule has 2 amide bonds. The fraction of sp³-hybridized carbons (Fsp3) is 0.381. The normalized spacial score (nSPS) is 10.5. The Morgan fingerprint density at radius 2 is 1.74 bits per heavy atom. The minimum absolute atomic E-state index is 0.00947. The van der Waals surface area contributed by atoms with E-state index in [0.29, 0.717) is 23.2 Å². The Hall–Kier alpha value is -3.87. The van der Waals surface area contributed by atoms with Crippen molar-refractivity contribution in [2.45, 2.75) is 27.7 Å². The van der Waals surface area contributed by atoms with Crippen molar-refractivity contribution >= 4 is 29.2 Å². The number of nitriles is 1. The zero-order valence-corrected chi connectivity index (χ0v) is 17.9. The van der Waals surface area contributed by atoms with Crippen LogP contribution in [0.3, 0.4) is 0 Å². The number of anilines is 3. The first-order valence-corrected chi connectivity index (χ1v) is 9.77. The number of hydrogen-bond donors (Lipinski definition) is 3. The Morgan fingerprint density at radius 3 is 2.26 bits per heavy atom. The maximum absolute atomic E-state index is 12.6. The predicted molar refractivity (Wildman–Crippen MR) is 116 cm³/mol. The van der Waals surface area contributed by atoms with E-state index in [2.05, 4.69) is 53.2 Å². The molecule has 1 aromatic heterocycles. The fourth-order valence-corrected chi connectivity index (χ4v) is 2.94. The van der Waals surface area contributed by atoms with Crippen molar-refractivity contribution in [3.63, 3.8) is 0 Å². The molecule has 2 aromatic rings. The number of amides is 2. The van der Waals surface area contributed by atoms with Gasteiger partial charge in [-0.25, -0.2) is 19.6 Å². The van der Waals surface area contributed by atoms with Crippen LogP contribution in [0.25, 0.3) is 0 Å². The third-order valence-electron chi connectivity index (χ3n) is 3.94. The van der Waals surface area contributed by atoms with Crippen molar-refractivity contribution in [1.29, 1.82) is 5.26 Å². The highest BCUT2D eigenvalue weighted by molar-refractivity contribution is 6.02. The van der Waals surface area contributed by atoms with Gasteiger partial charge in [-0.1, -0.05) is 27.7 Å². The Balaban J connectivity index is 2.32. The second-order valence-corrected chi connectivity index (χ2v) is 7.73. The Kier molecular flexibility index (Phi) is 8.14. The molecule has 31 heavy (non-hydrogen) atoms. The van der Waals surface area contributed by atoms with Crippen LogP contribution >= 0.6 is 0 Å². The molecule has 0 saturated heterocycles. The van der Waals surface area contributed by atoms with Gasteiger partial charge in [-0.15, -0.1) is 0 Å². The minimum atomic E-state index is -1.45. The van der Waals surface area contributed by atoms with Gasteiger partial charge in [-0.05, 0) is 24.0 Å². The number of nitrogens with zero attached hydrogens (tertiary/aromatic N) is 4. The zero-order valence-electron chi connectivity index (χ0n) is 17.9. The van der Waals surface area contributed by atoms with Gasteiger partial charge < -0.3 is 25.4 Å². The number of benzene rings is 1. The van der Waals surface area contributed by atoms with Gasteiger partial charge in [-0.2, -0.15) is 5.26 Å². The molecule has 164 valence electrons. The maximum Gasteiger partial charge on any atom is 0.511 e. The third-order valence-corrected chi connectivity index (χ3v) is 3.94. The molecule has 3 N–H and O–H groups in total. The summed E-state index contributed by atoms with van der Waals surface area (Å²) < 4.78 is 4.75. The highest BCUT2D eigenvalue weighted by Gasteiger charge is 2.18. The molecule has 1 heterocycles. The van der Waals surface area contributed by atoms with E-state index in [1.807, 2.05) is 0 Å². The Bertz CT molecular complexity index is 943. The highest BCUT2D eigenvalue weighted by atomic mass is 16.7. The lowest BCUT2D eigenvalue weighted by atomic mass is 10.1. The number of hydrogen-bond acceptors (Lipinski definition) is 7. The molecule has 0 unspecified atom stereocenters. The summed E-state index contributed by atoms with van der Waals surface area (Å²) >= 11 is 0. The summed E-state index contributed by atoms with van der Waals surface area (Å²) in [5.74, 6) is 0.810. The summed E-state index contributed by atoms with van der Waals surface area (Å²) in [6.07, 6.45) is 1.19.